The number of aromatic nitrogens is 3. The van der Waals surface area contributed by atoms with E-state index >= 15 is 0 Å². The summed E-state index contributed by atoms with van der Waals surface area (Å²) < 4.78 is 8.53. The molecule has 0 fully saturated rings. The molecular weight excluding hydrogens is 446 g/mol. The molecule has 30 heavy (non-hydrogen) atoms. The molecule has 0 radical (unpaired) electrons. The van der Waals surface area contributed by atoms with Gasteiger partial charge in [0.05, 0.1) is 41.9 Å². The summed E-state index contributed by atoms with van der Waals surface area (Å²) in [5, 5.41) is 5.93. The van der Waals surface area contributed by atoms with Gasteiger partial charge in [-0.3, -0.25) is 9.48 Å². The number of anilines is 1. The number of likely N-dealkylation sites (N-methyl/N-ethyl adjacent to an activating group) is 1. The molecule has 2 aromatic heterocycles. The number of ether oxygens (including phenoxy) is 1. The van der Waals surface area contributed by atoms with Crippen LogP contribution in [0.1, 0.15) is 27.5 Å². The first kappa shape index (κ1) is 19.0. The number of halogens is 1. The SMILES string of the molecule is CN(C(=O)c1ccc2nc(N)c3cnn(C)c3c2c1)C1COCc2cc(Br)ccc21. The standard InChI is InChI=1S/C22H20BrN5O2/c1-27(19-11-30-10-13-7-14(23)4-5-15(13)19)22(29)12-3-6-18-16(8-12)20-17(21(24)26-18)9-25-28(20)2/h3-9,19H,10-11H2,1-2H3,(H2,24,26). The lowest BCUT2D eigenvalue weighted by Gasteiger charge is -2.33. The zero-order valence-electron chi connectivity index (χ0n) is 16.6. The van der Waals surface area contributed by atoms with Crippen LogP contribution in [0.25, 0.3) is 21.8 Å². The van der Waals surface area contributed by atoms with Gasteiger partial charge in [0.15, 0.2) is 0 Å². The van der Waals surface area contributed by atoms with Crippen LogP contribution in [0, 0.1) is 0 Å². The van der Waals surface area contributed by atoms with Gasteiger partial charge in [0, 0.05) is 29.5 Å². The van der Waals surface area contributed by atoms with Gasteiger partial charge < -0.3 is 15.4 Å². The third-order valence-electron chi connectivity index (χ3n) is 5.74. The van der Waals surface area contributed by atoms with Crippen molar-refractivity contribution in [3.05, 3.63) is 63.8 Å². The number of nitrogens with zero attached hydrogens (tertiary/aromatic N) is 4. The summed E-state index contributed by atoms with van der Waals surface area (Å²) in [6.45, 7) is 1.02. The largest absolute Gasteiger partial charge is 0.383 e. The van der Waals surface area contributed by atoms with E-state index in [2.05, 4.69) is 32.1 Å². The number of carbonyl (C=O) groups is 1. The molecule has 152 valence electrons. The van der Waals surface area contributed by atoms with Gasteiger partial charge in [0.1, 0.15) is 5.82 Å². The second-order valence-corrected chi connectivity index (χ2v) is 8.47. The fraction of sp³-hybridized carbons (Fsp3) is 0.227. The number of amides is 1. The summed E-state index contributed by atoms with van der Waals surface area (Å²) in [4.78, 5) is 19.6. The summed E-state index contributed by atoms with van der Waals surface area (Å²) >= 11 is 3.51. The molecule has 1 aliphatic rings. The zero-order valence-corrected chi connectivity index (χ0v) is 18.2. The van der Waals surface area contributed by atoms with Crippen molar-refractivity contribution >= 4 is 49.5 Å². The van der Waals surface area contributed by atoms with Crippen molar-refractivity contribution in [3.8, 4) is 0 Å². The first-order chi connectivity index (χ1) is 14.4. The maximum atomic E-state index is 13.4. The maximum Gasteiger partial charge on any atom is 0.254 e. The molecule has 1 unspecified atom stereocenters. The van der Waals surface area contributed by atoms with Gasteiger partial charge in [0.2, 0.25) is 0 Å². The number of nitrogen functional groups attached to an aromatic ring is 1. The van der Waals surface area contributed by atoms with Crippen molar-refractivity contribution in [1.82, 2.24) is 19.7 Å². The molecule has 4 aromatic rings. The fourth-order valence-corrected chi connectivity index (χ4v) is 4.56. The number of pyridine rings is 1. The summed E-state index contributed by atoms with van der Waals surface area (Å²) in [6.07, 6.45) is 1.70. The van der Waals surface area contributed by atoms with E-state index in [-0.39, 0.29) is 11.9 Å². The van der Waals surface area contributed by atoms with Crippen molar-refractivity contribution in [1.29, 1.82) is 0 Å². The molecular formula is C22H20BrN5O2. The van der Waals surface area contributed by atoms with E-state index in [9.17, 15) is 4.79 Å². The third kappa shape index (κ3) is 2.95. The predicted molar refractivity (Wildman–Crippen MR) is 119 cm³/mol. The number of carbonyl (C=O) groups excluding carboxylic acids is 1. The normalized spacial score (nSPS) is 16.0. The summed E-state index contributed by atoms with van der Waals surface area (Å²) in [5.41, 5.74) is 10.5. The fourth-order valence-electron chi connectivity index (χ4n) is 4.15. The van der Waals surface area contributed by atoms with Crippen LogP contribution in [0.15, 0.2) is 47.1 Å². The van der Waals surface area contributed by atoms with Crippen LogP contribution in [-0.4, -0.2) is 39.2 Å². The van der Waals surface area contributed by atoms with E-state index in [1.54, 1.807) is 21.8 Å². The first-order valence-electron chi connectivity index (χ1n) is 9.58. The quantitative estimate of drug-likeness (QED) is 0.486. The smallest absolute Gasteiger partial charge is 0.254 e. The minimum Gasteiger partial charge on any atom is -0.383 e. The third-order valence-corrected chi connectivity index (χ3v) is 6.23. The van der Waals surface area contributed by atoms with Gasteiger partial charge in [-0.2, -0.15) is 5.10 Å². The minimum absolute atomic E-state index is 0.0755. The number of aryl methyl sites for hydroxylation is 1. The molecule has 2 N–H and O–H groups in total. The number of hydrogen-bond acceptors (Lipinski definition) is 5. The van der Waals surface area contributed by atoms with E-state index in [1.807, 2.05) is 38.4 Å². The van der Waals surface area contributed by atoms with Gasteiger partial charge >= 0.3 is 0 Å². The van der Waals surface area contributed by atoms with Crippen LogP contribution in [0.4, 0.5) is 5.82 Å². The van der Waals surface area contributed by atoms with E-state index < -0.39 is 0 Å². The Morgan fingerprint density at radius 2 is 2.10 bits per heavy atom. The Kier molecular flexibility index (Phi) is 4.48. The van der Waals surface area contributed by atoms with Crippen LogP contribution in [0.3, 0.4) is 0 Å². The van der Waals surface area contributed by atoms with Gasteiger partial charge in [-0.25, -0.2) is 4.98 Å². The second-order valence-electron chi connectivity index (χ2n) is 7.55. The summed E-state index contributed by atoms with van der Waals surface area (Å²) in [5.74, 6) is 0.359. The highest BCUT2D eigenvalue weighted by atomic mass is 79.9. The number of fused-ring (bicyclic) bond motifs is 4. The Labute approximate surface area is 181 Å². The molecule has 1 amide bonds. The molecule has 7 nitrogen and oxygen atoms in total. The van der Waals surface area contributed by atoms with Crippen LogP contribution >= 0.6 is 15.9 Å². The first-order valence-corrected chi connectivity index (χ1v) is 10.4. The highest BCUT2D eigenvalue weighted by Gasteiger charge is 2.28. The van der Waals surface area contributed by atoms with Gasteiger partial charge in [-0.05, 0) is 41.5 Å². The second kappa shape index (κ2) is 7.07. The number of hydrogen-bond donors (Lipinski definition) is 1. The molecule has 0 spiro atoms. The molecule has 0 aliphatic carbocycles. The van der Waals surface area contributed by atoms with Crippen LogP contribution in [0.5, 0.6) is 0 Å². The van der Waals surface area contributed by atoms with Crippen molar-refractivity contribution in [2.24, 2.45) is 7.05 Å². The Morgan fingerprint density at radius 3 is 2.93 bits per heavy atom. The average Bonchev–Trinajstić information content (AvgIpc) is 3.14. The van der Waals surface area contributed by atoms with Crippen LogP contribution < -0.4 is 5.73 Å². The molecule has 0 saturated carbocycles. The van der Waals surface area contributed by atoms with Crippen LogP contribution in [0.2, 0.25) is 0 Å². The summed E-state index contributed by atoms with van der Waals surface area (Å²) in [6, 6.07) is 11.5. The molecule has 8 heteroatoms. The Morgan fingerprint density at radius 1 is 1.27 bits per heavy atom. The average molecular weight is 466 g/mol. The van der Waals surface area contributed by atoms with Crippen molar-refractivity contribution in [2.45, 2.75) is 12.6 Å². The summed E-state index contributed by atoms with van der Waals surface area (Å²) in [7, 11) is 3.68. The molecule has 0 saturated heterocycles. The Bertz CT molecular complexity index is 1320. The highest BCUT2D eigenvalue weighted by molar-refractivity contribution is 9.10. The lowest BCUT2D eigenvalue weighted by molar-refractivity contribution is 0.0346. The van der Waals surface area contributed by atoms with Gasteiger partial charge in [-0.15, -0.1) is 0 Å². The molecule has 1 atom stereocenters. The van der Waals surface area contributed by atoms with E-state index in [1.165, 1.54) is 0 Å². The number of rotatable bonds is 2. The minimum atomic E-state index is -0.147. The zero-order chi connectivity index (χ0) is 21.0. The van der Waals surface area contributed by atoms with Crippen molar-refractivity contribution in [2.75, 3.05) is 19.4 Å². The molecule has 2 aromatic carbocycles. The Balaban J connectivity index is 1.56. The number of nitrogens with two attached hydrogens (primary N) is 1. The molecule has 5 rings (SSSR count). The van der Waals surface area contributed by atoms with Gasteiger partial charge in [0.25, 0.3) is 5.91 Å². The Hall–Kier alpha value is -2.97. The maximum absolute atomic E-state index is 13.4. The lowest BCUT2D eigenvalue weighted by Crippen LogP contribution is -2.36. The highest BCUT2D eigenvalue weighted by Crippen LogP contribution is 2.33. The molecule has 3 heterocycles. The molecule has 0 bridgehead atoms. The van der Waals surface area contributed by atoms with E-state index in [0.29, 0.717) is 24.6 Å². The molecule has 1 aliphatic heterocycles. The predicted octanol–water partition coefficient (Wildman–Crippen LogP) is 3.81. The van der Waals surface area contributed by atoms with E-state index in [0.717, 1.165) is 37.4 Å². The van der Waals surface area contributed by atoms with Crippen molar-refractivity contribution < 1.29 is 9.53 Å². The van der Waals surface area contributed by atoms with Crippen molar-refractivity contribution in [3.63, 3.8) is 0 Å². The monoisotopic (exact) mass is 465 g/mol. The van der Waals surface area contributed by atoms with E-state index in [4.69, 9.17) is 10.5 Å². The topological polar surface area (TPSA) is 86.3 Å². The van der Waals surface area contributed by atoms with Gasteiger partial charge in [-0.1, -0.05) is 22.0 Å². The number of benzene rings is 2. The van der Waals surface area contributed by atoms with Crippen LogP contribution in [-0.2, 0) is 18.4 Å². The lowest BCUT2D eigenvalue weighted by atomic mass is 9.97.